The third-order valence-corrected chi connectivity index (χ3v) is 2.91. The van der Waals surface area contributed by atoms with Crippen molar-refractivity contribution in [2.24, 2.45) is 0 Å². The van der Waals surface area contributed by atoms with Crippen LogP contribution in [0.1, 0.15) is 6.42 Å². The van der Waals surface area contributed by atoms with Crippen molar-refractivity contribution in [2.75, 3.05) is 6.61 Å². The van der Waals surface area contributed by atoms with E-state index in [1.165, 1.54) is 0 Å². The summed E-state index contributed by atoms with van der Waals surface area (Å²) in [6.45, 7) is 0.106. The van der Waals surface area contributed by atoms with E-state index in [0.29, 0.717) is 6.42 Å². The monoisotopic (exact) mass is 200 g/mol. The van der Waals surface area contributed by atoms with E-state index in [1.807, 2.05) is 0 Å². The second-order valence-electron chi connectivity index (χ2n) is 2.10. The molecule has 0 spiro atoms. The molecule has 1 atom stereocenters. The van der Waals surface area contributed by atoms with Crippen molar-refractivity contribution in [3.63, 3.8) is 0 Å². The molecule has 5 nitrogen and oxygen atoms in total. The molecule has 0 aromatic rings. The minimum Gasteiger partial charge on any atom is -0.359 e. The van der Waals surface area contributed by atoms with Crippen LogP contribution in [0.15, 0.2) is 0 Å². The fourth-order valence-corrected chi connectivity index (χ4v) is 1.22. The van der Waals surface area contributed by atoms with Gasteiger partial charge in [-0.2, -0.15) is 0 Å². The van der Waals surface area contributed by atoms with E-state index in [9.17, 15) is 4.57 Å². The van der Waals surface area contributed by atoms with Gasteiger partial charge in [-0.3, -0.25) is 4.57 Å². The lowest BCUT2D eigenvalue weighted by Crippen LogP contribution is -2.08. The molecule has 0 aromatic heterocycles. The van der Waals surface area contributed by atoms with Gasteiger partial charge in [-0.15, -0.1) is 0 Å². The van der Waals surface area contributed by atoms with Gasteiger partial charge in [0.1, 0.15) is 0 Å². The first-order valence-electron chi connectivity index (χ1n) is 3.34. The Morgan fingerprint density at radius 3 is 2.45 bits per heavy atom. The Morgan fingerprint density at radius 1 is 1.55 bits per heavy atom. The van der Waals surface area contributed by atoms with E-state index in [-0.39, 0.29) is 6.61 Å². The molecular formula is C4H13O5PSi. The normalized spacial score (nSPS) is 17.1. The lowest BCUT2D eigenvalue weighted by Gasteiger charge is -2.12. The highest BCUT2D eigenvalue weighted by Gasteiger charge is 2.28. The van der Waals surface area contributed by atoms with E-state index in [1.54, 1.807) is 0 Å². The van der Waals surface area contributed by atoms with Crippen LogP contribution < -0.4 is 0 Å². The van der Waals surface area contributed by atoms with Gasteiger partial charge in [0, 0.05) is 10.2 Å². The summed E-state index contributed by atoms with van der Waals surface area (Å²) in [5, 5.41) is 16.6. The molecule has 0 aliphatic carbocycles. The number of aliphatic hydroxyl groups excluding tert-OH is 1. The Kier molecular flexibility index (Phi) is 5.16. The van der Waals surface area contributed by atoms with Crippen molar-refractivity contribution in [1.82, 2.24) is 0 Å². The van der Waals surface area contributed by atoms with Gasteiger partial charge in [0.15, 0.2) is 0 Å². The zero-order chi connectivity index (χ0) is 8.91. The summed E-state index contributed by atoms with van der Waals surface area (Å²) < 4.78 is 15.0. The fraction of sp³-hybridized carbons (Fsp3) is 1.00. The summed E-state index contributed by atoms with van der Waals surface area (Å²) in [5.74, 6) is 0. The van der Waals surface area contributed by atoms with Crippen LogP contribution in [0.3, 0.4) is 0 Å². The quantitative estimate of drug-likeness (QED) is 0.220. The SMILES string of the molecule is O=P(O)(OCCC[SiH3])C(O)O. The molecule has 0 rings (SSSR count). The van der Waals surface area contributed by atoms with E-state index in [2.05, 4.69) is 4.52 Å². The first-order valence-corrected chi connectivity index (χ1v) is 6.40. The van der Waals surface area contributed by atoms with Gasteiger partial charge in [0.25, 0.3) is 6.03 Å². The highest BCUT2D eigenvalue weighted by Crippen LogP contribution is 2.44. The highest BCUT2D eigenvalue weighted by atomic mass is 31.2. The predicted molar refractivity (Wildman–Crippen MR) is 43.4 cm³/mol. The van der Waals surface area contributed by atoms with Crippen LogP contribution in [-0.2, 0) is 9.09 Å². The summed E-state index contributed by atoms with van der Waals surface area (Å²) in [4.78, 5) is 8.66. The second kappa shape index (κ2) is 5.03. The first-order chi connectivity index (χ1) is 5.00. The third kappa shape index (κ3) is 4.68. The number of rotatable bonds is 5. The number of hydrogen-bond donors (Lipinski definition) is 3. The Morgan fingerprint density at radius 2 is 2.09 bits per heavy atom. The minimum atomic E-state index is -4.17. The van der Waals surface area contributed by atoms with Crippen molar-refractivity contribution in [3.8, 4) is 0 Å². The molecule has 1 unspecified atom stereocenters. The van der Waals surface area contributed by atoms with Crippen molar-refractivity contribution < 1.29 is 24.2 Å². The van der Waals surface area contributed by atoms with Crippen molar-refractivity contribution in [1.29, 1.82) is 0 Å². The van der Waals surface area contributed by atoms with Crippen molar-refractivity contribution in [2.45, 2.75) is 18.5 Å². The maximum atomic E-state index is 10.6. The molecule has 0 radical (unpaired) electrons. The van der Waals surface area contributed by atoms with E-state index in [4.69, 9.17) is 15.1 Å². The largest absolute Gasteiger partial charge is 0.383 e. The lowest BCUT2D eigenvalue weighted by molar-refractivity contribution is 0.00311. The molecule has 0 fully saturated rings. The van der Waals surface area contributed by atoms with Crippen LogP contribution in [0.2, 0.25) is 6.04 Å². The summed E-state index contributed by atoms with van der Waals surface area (Å²) in [7, 11) is -3.16. The average Bonchev–Trinajstić information content (AvgIpc) is 1.88. The molecule has 0 saturated carbocycles. The number of aliphatic hydroxyl groups is 2. The molecule has 68 valence electrons. The van der Waals surface area contributed by atoms with Crippen LogP contribution >= 0.6 is 7.60 Å². The van der Waals surface area contributed by atoms with Gasteiger partial charge in [0.05, 0.1) is 6.61 Å². The number of hydrogen-bond acceptors (Lipinski definition) is 4. The third-order valence-electron chi connectivity index (χ3n) is 1.07. The van der Waals surface area contributed by atoms with Crippen LogP contribution in [0, 0.1) is 0 Å². The zero-order valence-electron chi connectivity index (χ0n) is 6.30. The standard InChI is InChI=1S/C4H13O5PSi/c5-4(6)10(7,8)9-2-1-3-11/h4-6H,1-3H2,11H3,(H,7,8). The topological polar surface area (TPSA) is 87.0 Å². The maximum Gasteiger partial charge on any atom is 0.383 e. The van der Waals surface area contributed by atoms with Gasteiger partial charge in [0.2, 0.25) is 0 Å². The lowest BCUT2D eigenvalue weighted by atomic mass is 10.5. The molecular weight excluding hydrogens is 187 g/mol. The second-order valence-corrected chi connectivity index (χ2v) is 4.95. The average molecular weight is 200 g/mol. The molecule has 0 heterocycles. The van der Waals surface area contributed by atoms with Crippen molar-refractivity contribution in [3.05, 3.63) is 0 Å². The maximum absolute atomic E-state index is 10.6. The van der Waals surface area contributed by atoms with Gasteiger partial charge in [-0.05, 0) is 6.42 Å². The molecule has 0 aliphatic heterocycles. The van der Waals surface area contributed by atoms with Crippen LogP contribution in [0.5, 0.6) is 0 Å². The molecule has 0 bridgehead atoms. The highest BCUT2D eigenvalue weighted by molar-refractivity contribution is 7.53. The molecule has 0 aliphatic rings. The van der Waals surface area contributed by atoms with Gasteiger partial charge >= 0.3 is 7.60 Å². The van der Waals surface area contributed by atoms with E-state index in [0.717, 1.165) is 16.3 Å². The van der Waals surface area contributed by atoms with Gasteiger partial charge in [-0.25, -0.2) is 0 Å². The predicted octanol–water partition coefficient (Wildman–Crippen LogP) is -1.37. The summed E-state index contributed by atoms with van der Waals surface area (Å²) in [6, 6.07) is -1.32. The van der Waals surface area contributed by atoms with Crippen molar-refractivity contribution >= 4 is 17.8 Å². The fourth-order valence-electron chi connectivity index (χ4n) is 0.406. The van der Waals surface area contributed by atoms with Crippen LogP contribution in [-0.4, -0.2) is 38.0 Å². The Balaban J connectivity index is 3.65. The molecule has 3 N–H and O–H groups in total. The Bertz CT molecular complexity index is 149. The zero-order valence-corrected chi connectivity index (χ0v) is 9.20. The van der Waals surface area contributed by atoms with Crippen LogP contribution in [0.25, 0.3) is 0 Å². The summed E-state index contributed by atoms with van der Waals surface area (Å²) in [5.41, 5.74) is 0. The first kappa shape index (κ1) is 11.3. The molecule has 7 heteroatoms. The molecule has 11 heavy (non-hydrogen) atoms. The molecule has 0 saturated heterocycles. The van der Waals surface area contributed by atoms with Gasteiger partial charge < -0.3 is 19.6 Å². The van der Waals surface area contributed by atoms with E-state index < -0.39 is 13.6 Å². The smallest absolute Gasteiger partial charge is 0.359 e. The van der Waals surface area contributed by atoms with Crippen LogP contribution in [0.4, 0.5) is 0 Å². The minimum absolute atomic E-state index is 0.106. The molecule has 0 amide bonds. The van der Waals surface area contributed by atoms with E-state index >= 15 is 0 Å². The molecule has 0 aromatic carbocycles. The summed E-state index contributed by atoms with van der Waals surface area (Å²) in [6.07, 6.45) is 0.684. The summed E-state index contributed by atoms with van der Waals surface area (Å²) >= 11 is 0. The van der Waals surface area contributed by atoms with Gasteiger partial charge in [-0.1, -0.05) is 6.04 Å². The Labute approximate surface area is 68.0 Å². The Hall–Kier alpha value is 0.287.